The van der Waals surface area contributed by atoms with E-state index in [1.54, 1.807) is 12.1 Å². The summed E-state index contributed by atoms with van der Waals surface area (Å²) in [6, 6.07) is 13.1. The second-order valence-electron chi connectivity index (χ2n) is 7.57. The van der Waals surface area contributed by atoms with E-state index in [1.807, 2.05) is 38.1 Å². The van der Waals surface area contributed by atoms with E-state index in [2.05, 4.69) is 15.5 Å². The third-order valence-corrected chi connectivity index (χ3v) is 5.51. The van der Waals surface area contributed by atoms with Crippen LogP contribution in [0.5, 0.6) is 0 Å². The maximum Gasteiger partial charge on any atom is 0.271 e. The molecule has 0 aliphatic carbocycles. The maximum atomic E-state index is 12.6. The number of nitrogens with one attached hydrogen (secondary N) is 2. The maximum absolute atomic E-state index is 12.6. The largest absolute Gasteiger partial charge is 0.349 e. The van der Waals surface area contributed by atoms with Crippen molar-refractivity contribution in [3.05, 3.63) is 69.8 Å². The summed E-state index contributed by atoms with van der Waals surface area (Å²) in [5.74, 6) is -0.277. The molecule has 0 bridgehead atoms. The Morgan fingerprint density at radius 1 is 1.13 bits per heavy atom. The fourth-order valence-corrected chi connectivity index (χ4v) is 3.63. The number of rotatable bonds is 6. The first-order valence-electron chi connectivity index (χ1n) is 10.0. The summed E-state index contributed by atoms with van der Waals surface area (Å²) in [6.07, 6.45) is 1.51. The van der Waals surface area contributed by atoms with Crippen LogP contribution in [0.1, 0.15) is 35.7 Å². The number of piperidine rings is 1. The zero-order chi connectivity index (χ0) is 21.7. The van der Waals surface area contributed by atoms with Gasteiger partial charge in [-0.1, -0.05) is 24.3 Å². The number of anilines is 1. The van der Waals surface area contributed by atoms with Crippen LogP contribution in [-0.4, -0.2) is 46.8 Å². The second-order valence-corrected chi connectivity index (χ2v) is 7.57. The Balaban J connectivity index is 1.51. The molecule has 1 atom stereocenters. The molecule has 1 aliphatic heterocycles. The Bertz CT molecular complexity index is 938. The van der Waals surface area contributed by atoms with Crippen molar-refractivity contribution in [1.29, 1.82) is 0 Å². The third-order valence-electron chi connectivity index (χ3n) is 5.51. The predicted molar refractivity (Wildman–Crippen MR) is 114 cm³/mol. The molecule has 1 aliphatic rings. The molecular weight excluding hydrogens is 384 g/mol. The number of non-ortho nitro benzene ring substituents is 1. The first kappa shape index (κ1) is 21.4. The second kappa shape index (κ2) is 9.49. The quantitative estimate of drug-likeness (QED) is 0.562. The summed E-state index contributed by atoms with van der Waals surface area (Å²) < 4.78 is 0. The Hall–Kier alpha value is -3.26. The Kier molecular flexibility index (Phi) is 6.79. The van der Waals surface area contributed by atoms with Crippen molar-refractivity contribution < 1.29 is 14.5 Å². The molecule has 1 fully saturated rings. The van der Waals surface area contributed by atoms with Crippen LogP contribution >= 0.6 is 0 Å². The number of nitro benzene ring substituents is 1. The molecule has 158 valence electrons. The van der Waals surface area contributed by atoms with Crippen molar-refractivity contribution in [2.45, 2.75) is 38.8 Å². The van der Waals surface area contributed by atoms with Crippen molar-refractivity contribution in [3.8, 4) is 0 Å². The van der Waals surface area contributed by atoms with E-state index < -0.39 is 4.92 Å². The number of nitrogens with zero attached hydrogens (tertiary/aromatic N) is 2. The average molecular weight is 410 g/mol. The molecule has 1 saturated heterocycles. The summed E-state index contributed by atoms with van der Waals surface area (Å²) in [4.78, 5) is 37.5. The highest BCUT2D eigenvalue weighted by atomic mass is 16.6. The number of carbonyl (C=O) groups is 2. The molecule has 2 aromatic rings. The molecule has 2 amide bonds. The summed E-state index contributed by atoms with van der Waals surface area (Å²) in [6.45, 7) is 5.10. The van der Waals surface area contributed by atoms with Crippen molar-refractivity contribution >= 4 is 23.2 Å². The lowest BCUT2D eigenvalue weighted by atomic mass is 10.0. The number of hydrogen-bond donors (Lipinski definition) is 2. The fourth-order valence-electron chi connectivity index (χ4n) is 3.63. The Morgan fingerprint density at radius 2 is 1.83 bits per heavy atom. The predicted octanol–water partition coefficient (Wildman–Crippen LogP) is 3.12. The van der Waals surface area contributed by atoms with Crippen molar-refractivity contribution in [3.63, 3.8) is 0 Å². The number of hydrogen-bond acceptors (Lipinski definition) is 5. The Labute approximate surface area is 175 Å². The van der Waals surface area contributed by atoms with Crippen LogP contribution in [0, 0.1) is 17.0 Å². The van der Waals surface area contributed by atoms with Crippen LogP contribution < -0.4 is 10.6 Å². The molecular formula is C22H26N4O4. The fraction of sp³-hybridized carbons (Fsp3) is 0.364. The van der Waals surface area contributed by atoms with E-state index >= 15 is 0 Å². The number of likely N-dealkylation sites (tertiary alicyclic amines) is 1. The van der Waals surface area contributed by atoms with Gasteiger partial charge in [0.25, 0.3) is 11.6 Å². The van der Waals surface area contributed by atoms with Crippen molar-refractivity contribution in [2.75, 3.05) is 18.4 Å². The van der Waals surface area contributed by atoms with Gasteiger partial charge in [0.05, 0.1) is 11.0 Å². The SMILES string of the molecule is Cc1ccccc1C(=O)NC1CCN(C(C)C(=O)Nc2cccc([N+](=O)[O-])c2)CC1. The van der Waals surface area contributed by atoms with Gasteiger partial charge in [-0.05, 0) is 44.4 Å². The lowest BCUT2D eigenvalue weighted by Crippen LogP contribution is -2.50. The summed E-state index contributed by atoms with van der Waals surface area (Å²) >= 11 is 0. The first-order valence-corrected chi connectivity index (χ1v) is 10.0. The molecule has 8 heteroatoms. The molecule has 3 rings (SSSR count). The standard InChI is InChI=1S/C22H26N4O4/c1-15-6-3-4-9-20(15)22(28)23-17-10-12-25(13-11-17)16(2)21(27)24-18-7-5-8-19(14-18)26(29)30/h3-9,14,16-17H,10-13H2,1-2H3,(H,23,28)(H,24,27). The van der Waals surface area contributed by atoms with E-state index in [0.29, 0.717) is 24.3 Å². The minimum Gasteiger partial charge on any atom is -0.349 e. The highest BCUT2D eigenvalue weighted by Crippen LogP contribution is 2.19. The lowest BCUT2D eigenvalue weighted by Gasteiger charge is -2.35. The van der Waals surface area contributed by atoms with E-state index in [4.69, 9.17) is 0 Å². The molecule has 0 spiro atoms. The zero-order valence-corrected chi connectivity index (χ0v) is 17.1. The molecule has 8 nitrogen and oxygen atoms in total. The van der Waals surface area contributed by atoms with Crippen LogP contribution in [0.25, 0.3) is 0 Å². The highest BCUT2D eigenvalue weighted by molar-refractivity contribution is 5.96. The van der Waals surface area contributed by atoms with E-state index in [0.717, 1.165) is 18.4 Å². The normalized spacial score (nSPS) is 15.9. The minimum absolute atomic E-state index is 0.0642. The summed E-state index contributed by atoms with van der Waals surface area (Å²) in [5, 5.41) is 16.7. The van der Waals surface area contributed by atoms with Gasteiger partial charge in [-0.3, -0.25) is 24.6 Å². The number of benzene rings is 2. The molecule has 0 saturated carbocycles. The van der Waals surface area contributed by atoms with Gasteiger partial charge in [-0.25, -0.2) is 0 Å². The monoisotopic (exact) mass is 410 g/mol. The van der Waals surface area contributed by atoms with Crippen LogP contribution in [0.2, 0.25) is 0 Å². The highest BCUT2D eigenvalue weighted by Gasteiger charge is 2.28. The number of aryl methyl sites for hydroxylation is 1. The van der Waals surface area contributed by atoms with Crippen molar-refractivity contribution in [2.24, 2.45) is 0 Å². The number of amides is 2. The minimum atomic E-state index is -0.491. The average Bonchev–Trinajstić information content (AvgIpc) is 2.74. The molecule has 0 radical (unpaired) electrons. The molecule has 2 aromatic carbocycles. The first-order chi connectivity index (χ1) is 14.3. The van der Waals surface area contributed by atoms with E-state index in [1.165, 1.54) is 12.1 Å². The number of carbonyl (C=O) groups excluding carboxylic acids is 2. The summed E-state index contributed by atoms with van der Waals surface area (Å²) in [7, 11) is 0. The van der Waals surface area contributed by atoms with Gasteiger partial charge in [-0.2, -0.15) is 0 Å². The van der Waals surface area contributed by atoms with Gasteiger partial charge in [-0.15, -0.1) is 0 Å². The summed E-state index contributed by atoms with van der Waals surface area (Å²) in [5.41, 5.74) is 1.97. The van der Waals surface area contributed by atoms with Crippen LogP contribution in [-0.2, 0) is 4.79 Å². The topological polar surface area (TPSA) is 105 Å². The van der Waals surface area contributed by atoms with Crippen molar-refractivity contribution in [1.82, 2.24) is 10.2 Å². The third kappa shape index (κ3) is 5.21. The van der Waals surface area contributed by atoms with Gasteiger partial charge < -0.3 is 10.6 Å². The van der Waals surface area contributed by atoms with Gasteiger partial charge in [0, 0.05) is 42.5 Å². The van der Waals surface area contributed by atoms with Gasteiger partial charge in [0.15, 0.2) is 0 Å². The van der Waals surface area contributed by atoms with Crippen LogP contribution in [0.3, 0.4) is 0 Å². The zero-order valence-electron chi connectivity index (χ0n) is 17.1. The van der Waals surface area contributed by atoms with E-state index in [-0.39, 0.29) is 29.6 Å². The van der Waals surface area contributed by atoms with Crippen LogP contribution in [0.15, 0.2) is 48.5 Å². The van der Waals surface area contributed by atoms with Gasteiger partial charge in [0.1, 0.15) is 0 Å². The lowest BCUT2D eigenvalue weighted by molar-refractivity contribution is -0.384. The molecule has 30 heavy (non-hydrogen) atoms. The van der Waals surface area contributed by atoms with Gasteiger partial charge >= 0.3 is 0 Å². The Morgan fingerprint density at radius 3 is 2.50 bits per heavy atom. The van der Waals surface area contributed by atoms with Gasteiger partial charge in [0.2, 0.25) is 5.91 Å². The molecule has 2 N–H and O–H groups in total. The number of nitro groups is 1. The molecule has 1 heterocycles. The molecule has 0 aromatic heterocycles. The van der Waals surface area contributed by atoms with Crippen LogP contribution in [0.4, 0.5) is 11.4 Å². The smallest absolute Gasteiger partial charge is 0.271 e. The van der Waals surface area contributed by atoms with E-state index in [9.17, 15) is 19.7 Å². The molecule has 1 unspecified atom stereocenters.